The second-order valence-corrected chi connectivity index (χ2v) is 4.92. The van der Waals surface area contributed by atoms with Crippen LogP contribution in [0.15, 0.2) is 12.1 Å². The first kappa shape index (κ1) is 11.7. The molecule has 0 spiro atoms. The Morgan fingerprint density at radius 3 is 2.62 bits per heavy atom. The lowest BCUT2D eigenvalue weighted by atomic mass is 9.98. The van der Waals surface area contributed by atoms with E-state index in [9.17, 15) is 5.11 Å². The molecule has 1 aromatic rings. The van der Waals surface area contributed by atoms with Crippen molar-refractivity contribution in [3.63, 3.8) is 0 Å². The van der Waals surface area contributed by atoms with Crippen LogP contribution in [0.2, 0.25) is 5.02 Å². The number of hydrogen-bond donors (Lipinski definition) is 2. The van der Waals surface area contributed by atoms with Gasteiger partial charge >= 0.3 is 0 Å². The molecule has 1 fully saturated rings. The maximum atomic E-state index is 10.2. The molecule has 0 heterocycles. The minimum Gasteiger partial charge on any atom is -0.496 e. The highest BCUT2D eigenvalue weighted by atomic mass is 35.5. The van der Waals surface area contributed by atoms with Crippen LogP contribution in [0.3, 0.4) is 0 Å². The standard InChI is InChI=1S/C12H16ClNO2/c1-7-5-8(13)6-9(10(7)16-2)11(15)12(14)3-4-12/h5-6,11,15H,3-4,14H2,1-2H3. The Hall–Kier alpha value is -0.770. The Labute approximate surface area is 100 Å². The third-order valence-corrected chi connectivity index (χ3v) is 3.36. The van der Waals surface area contributed by atoms with Crippen LogP contribution in [0.25, 0.3) is 0 Å². The van der Waals surface area contributed by atoms with Gasteiger partial charge in [-0.15, -0.1) is 0 Å². The number of rotatable bonds is 3. The SMILES string of the molecule is COc1c(C)cc(Cl)cc1C(O)C1(N)CC1. The van der Waals surface area contributed by atoms with Crippen molar-refractivity contribution < 1.29 is 9.84 Å². The fraction of sp³-hybridized carbons (Fsp3) is 0.500. The summed E-state index contributed by atoms with van der Waals surface area (Å²) in [5, 5.41) is 10.8. The molecule has 1 atom stereocenters. The van der Waals surface area contributed by atoms with Gasteiger partial charge in [0.2, 0.25) is 0 Å². The molecule has 0 aromatic heterocycles. The Morgan fingerprint density at radius 1 is 1.50 bits per heavy atom. The highest BCUT2D eigenvalue weighted by Gasteiger charge is 2.46. The zero-order valence-corrected chi connectivity index (χ0v) is 10.2. The van der Waals surface area contributed by atoms with Crippen LogP contribution in [0, 0.1) is 6.92 Å². The van der Waals surface area contributed by atoms with E-state index < -0.39 is 11.6 Å². The number of aliphatic hydroxyl groups excluding tert-OH is 1. The molecule has 3 N–H and O–H groups in total. The summed E-state index contributed by atoms with van der Waals surface area (Å²) in [6.07, 6.45) is 0.964. The highest BCUT2D eigenvalue weighted by Crippen LogP contribution is 2.46. The minimum absolute atomic E-state index is 0.496. The van der Waals surface area contributed by atoms with E-state index in [4.69, 9.17) is 22.1 Å². The van der Waals surface area contributed by atoms with E-state index >= 15 is 0 Å². The lowest BCUT2D eigenvalue weighted by molar-refractivity contribution is 0.132. The average molecular weight is 242 g/mol. The molecule has 1 aliphatic carbocycles. The first-order valence-corrected chi connectivity index (χ1v) is 5.67. The van der Waals surface area contributed by atoms with Crippen molar-refractivity contribution in [3.8, 4) is 5.75 Å². The Morgan fingerprint density at radius 2 is 2.12 bits per heavy atom. The van der Waals surface area contributed by atoms with Gasteiger partial charge in [-0.2, -0.15) is 0 Å². The fourth-order valence-electron chi connectivity index (χ4n) is 1.97. The van der Waals surface area contributed by atoms with Crippen molar-refractivity contribution in [3.05, 3.63) is 28.3 Å². The van der Waals surface area contributed by atoms with Crippen LogP contribution in [0.5, 0.6) is 5.75 Å². The van der Waals surface area contributed by atoms with Crippen molar-refractivity contribution in [1.82, 2.24) is 0 Å². The number of benzene rings is 1. The predicted molar refractivity (Wildman–Crippen MR) is 63.9 cm³/mol. The summed E-state index contributed by atoms with van der Waals surface area (Å²) in [5.74, 6) is 0.675. The van der Waals surface area contributed by atoms with Gasteiger partial charge in [0.25, 0.3) is 0 Å². The van der Waals surface area contributed by atoms with Gasteiger partial charge in [-0.25, -0.2) is 0 Å². The van der Waals surface area contributed by atoms with E-state index in [1.54, 1.807) is 13.2 Å². The van der Waals surface area contributed by atoms with Crippen molar-refractivity contribution in [2.75, 3.05) is 7.11 Å². The maximum absolute atomic E-state index is 10.2. The van der Waals surface area contributed by atoms with Crippen LogP contribution < -0.4 is 10.5 Å². The van der Waals surface area contributed by atoms with E-state index in [-0.39, 0.29) is 0 Å². The number of hydrogen-bond acceptors (Lipinski definition) is 3. The predicted octanol–water partition coefficient (Wildman–Crippen LogP) is 2.18. The summed E-state index contributed by atoms with van der Waals surface area (Å²) in [4.78, 5) is 0. The summed E-state index contributed by atoms with van der Waals surface area (Å²) >= 11 is 5.99. The van der Waals surface area contributed by atoms with Gasteiger partial charge in [-0.05, 0) is 37.5 Å². The largest absolute Gasteiger partial charge is 0.496 e. The lowest BCUT2D eigenvalue weighted by Gasteiger charge is -2.21. The molecule has 1 saturated carbocycles. The first-order chi connectivity index (χ1) is 7.48. The molecule has 4 heteroatoms. The molecule has 16 heavy (non-hydrogen) atoms. The molecule has 88 valence electrons. The van der Waals surface area contributed by atoms with Crippen LogP contribution in [-0.4, -0.2) is 17.8 Å². The number of ether oxygens (including phenoxy) is 1. The third-order valence-electron chi connectivity index (χ3n) is 3.14. The van der Waals surface area contributed by atoms with Crippen molar-refractivity contribution >= 4 is 11.6 Å². The summed E-state index contributed by atoms with van der Waals surface area (Å²) in [6, 6.07) is 3.54. The first-order valence-electron chi connectivity index (χ1n) is 5.29. The van der Waals surface area contributed by atoms with E-state index in [2.05, 4.69) is 0 Å². The summed E-state index contributed by atoms with van der Waals surface area (Å²) in [6.45, 7) is 1.90. The van der Waals surface area contributed by atoms with Crippen molar-refractivity contribution in [2.45, 2.75) is 31.4 Å². The highest BCUT2D eigenvalue weighted by molar-refractivity contribution is 6.30. The Bertz CT molecular complexity index is 416. The lowest BCUT2D eigenvalue weighted by Crippen LogP contribution is -2.30. The van der Waals surface area contributed by atoms with E-state index in [1.165, 1.54) is 0 Å². The Balaban J connectivity index is 2.46. The van der Waals surface area contributed by atoms with E-state index in [1.807, 2.05) is 13.0 Å². The van der Waals surface area contributed by atoms with Crippen LogP contribution in [-0.2, 0) is 0 Å². The molecule has 1 aliphatic rings. The summed E-state index contributed by atoms with van der Waals surface area (Å²) in [5.41, 5.74) is 7.10. The second-order valence-electron chi connectivity index (χ2n) is 4.48. The number of methoxy groups -OCH3 is 1. The van der Waals surface area contributed by atoms with Crippen LogP contribution in [0.1, 0.15) is 30.1 Å². The normalized spacial score (nSPS) is 19.3. The van der Waals surface area contributed by atoms with Gasteiger partial charge in [0.05, 0.1) is 7.11 Å². The molecule has 0 bridgehead atoms. The monoisotopic (exact) mass is 241 g/mol. The van der Waals surface area contributed by atoms with Gasteiger partial charge in [0.1, 0.15) is 11.9 Å². The number of aryl methyl sites for hydroxylation is 1. The molecule has 0 radical (unpaired) electrons. The molecule has 0 saturated heterocycles. The smallest absolute Gasteiger partial charge is 0.127 e. The van der Waals surface area contributed by atoms with Gasteiger partial charge < -0.3 is 15.6 Å². The van der Waals surface area contributed by atoms with E-state index in [0.717, 1.165) is 18.4 Å². The number of aliphatic hydroxyl groups is 1. The van der Waals surface area contributed by atoms with Gasteiger partial charge in [-0.3, -0.25) is 0 Å². The zero-order chi connectivity index (χ0) is 11.9. The fourth-order valence-corrected chi connectivity index (χ4v) is 2.25. The third kappa shape index (κ3) is 1.90. The topological polar surface area (TPSA) is 55.5 Å². The van der Waals surface area contributed by atoms with Gasteiger partial charge in [-0.1, -0.05) is 11.6 Å². The molecule has 0 aliphatic heterocycles. The summed E-state index contributed by atoms with van der Waals surface area (Å²) < 4.78 is 5.30. The van der Waals surface area contributed by atoms with Gasteiger partial charge in [0.15, 0.2) is 0 Å². The van der Waals surface area contributed by atoms with Crippen LogP contribution in [0.4, 0.5) is 0 Å². The molecular formula is C12H16ClNO2. The average Bonchev–Trinajstić information content (AvgIpc) is 2.95. The maximum Gasteiger partial charge on any atom is 0.127 e. The summed E-state index contributed by atoms with van der Waals surface area (Å²) in [7, 11) is 1.59. The number of halogens is 1. The number of nitrogens with two attached hydrogens (primary N) is 1. The molecule has 2 rings (SSSR count). The van der Waals surface area contributed by atoms with Crippen LogP contribution >= 0.6 is 11.6 Å². The van der Waals surface area contributed by atoms with Gasteiger partial charge in [0, 0.05) is 16.1 Å². The quantitative estimate of drug-likeness (QED) is 0.853. The molecule has 1 aromatic carbocycles. The zero-order valence-electron chi connectivity index (χ0n) is 9.46. The van der Waals surface area contributed by atoms with Crippen molar-refractivity contribution in [2.24, 2.45) is 5.73 Å². The molecule has 3 nitrogen and oxygen atoms in total. The second kappa shape index (κ2) is 3.91. The van der Waals surface area contributed by atoms with Crippen molar-refractivity contribution in [1.29, 1.82) is 0 Å². The molecule has 0 amide bonds. The molecule has 1 unspecified atom stereocenters. The minimum atomic E-state index is -0.708. The Kier molecular flexibility index (Phi) is 2.86. The molecular weight excluding hydrogens is 226 g/mol. The van der Waals surface area contributed by atoms with E-state index in [0.29, 0.717) is 16.3 Å².